The lowest BCUT2D eigenvalue weighted by Gasteiger charge is -2.26. The second-order valence-corrected chi connectivity index (χ2v) is 6.05. The van der Waals surface area contributed by atoms with Gasteiger partial charge in [-0.2, -0.15) is 0 Å². The van der Waals surface area contributed by atoms with Crippen molar-refractivity contribution in [1.29, 1.82) is 0 Å². The Hall–Kier alpha value is -1.72. The Bertz CT molecular complexity index is 551. The molecule has 0 aromatic heterocycles. The molecule has 1 aliphatic rings. The number of rotatable bonds is 7. The molecule has 1 aliphatic heterocycles. The lowest BCUT2D eigenvalue weighted by molar-refractivity contribution is -0.121. The molecular weight excluding hydrogens is 292 g/mol. The molecule has 0 saturated carbocycles. The predicted octanol–water partition coefficient (Wildman–Crippen LogP) is 1.71. The van der Waals surface area contributed by atoms with E-state index in [-0.39, 0.29) is 24.5 Å². The van der Waals surface area contributed by atoms with E-state index in [1.54, 1.807) is 0 Å². The summed E-state index contributed by atoms with van der Waals surface area (Å²) >= 11 is 0. The van der Waals surface area contributed by atoms with E-state index in [9.17, 15) is 9.59 Å². The minimum atomic E-state index is -0.0584. The molecular formula is C18H26N2O3. The van der Waals surface area contributed by atoms with E-state index in [1.165, 1.54) is 0 Å². The highest BCUT2D eigenvalue weighted by Gasteiger charge is 2.13. The van der Waals surface area contributed by atoms with Crippen molar-refractivity contribution in [1.82, 2.24) is 10.2 Å². The van der Waals surface area contributed by atoms with E-state index in [0.29, 0.717) is 6.54 Å². The third-order valence-corrected chi connectivity index (χ3v) is 4.13. The van der Waals surface area contributed by atoms with Crippen LogP contribution < -0.4 is 5.32 Å². The fourth-order valence-corrected chi connectivity index (χ4v) is 2.66. The largest absolute Gasteiger partial charge is 0.379 e. The molecule has 0 spiro atoms. The predicted molar refractivity (Wildman–Crippen MR) is 89.7 cm³/mol. The molecule has 0 unspecified atom stereocenters. The van der Waals surface area contributed by atoms with E-state index in [2.05, 4.69) is 10.2 Å². The number of nitrogens with zero attached hydrogens (tertiary/aromatic N) is 1. The van der Waals surface area contributed by atoms with Crippen LogP contribution in [0.15, 0.2) is 18.2 Å². The molecule has 0 radical (unpaired) electrons. The number of carbonyl (C=O) groups excluding carboxylic acids is 2. The summed E-state index contributed by atoms with van der Waals surface area (Å²) in [6, 6.07) is 5.84. The zero-order chi connectivity index (χ0) is 16.7. The molecule has 1 N–H and O–H groups in total. The van der Waals surface area contributed by atoms with Gasteiger partial charge in [-0.1, -0.05) is 17.7 Å². The summed E-state index contributed by atoms with van der Waals surface area (Å²) in [5.41, 5.74) is 2.76. The van der Waals surface area contributed by atoms with Crippen molar-refractivity contribution in [2.45, 2.75) is 26.7 Å². The van der Waals surface area contributed by atoms with Gasteiger partial charge >= 0.3 is 0 Å². The molecule has 2 rings (SSSR count). The zero-order valence-electron chi connectivity index (χ0n) is 14.1. The number of amides is 1. The van der Waals surface area contributed by atoms with Gasteiger partial charge in [0.05, 0.1) is 13.2 Å². The molecule has 1 aromatic carbocycles. The molecule has 5 nitrogen and oxygen atoms in total. The van der Waals surface area contributed by atoms with Crippen LogP contribution >= 0.6 is 0 Å². The Morgan fingerprint density at radius 2 is 1.91 bits per heavy atom. The molecule has 1 aromatic rings. The van der Waals surface area contributed by atoms with E-state index in [1.807, 2.05) is 32.0 Å². The number of hydrogen-bond acceptors (Lipinski definition) is 4. The monoisotopic (exact) mass is 318 g/mol. The van der Waals surface area contributed by atoms with Crippen LogP contribution in [0.2, 0.25) is 0 Å². The molecule has 23 heavy (non-hydrogen) atoms. The first-order chi connectivity index (χ1) is 11.1. The maximum Gasteiger partial charge on any atom is 0.220 e. The van der Waals surface area contributed by atoms with Gasteiger partial charge in [0, 0.05) is 44.6 Å². The first-order valence-electron chi connectivity index (χ1n) is 8.23. The second kappa shape index (κ2) is 8.79. The van der Waals surface area contributed by atoms with Gasteiger partial charge in [0.2, 0.25) is 5.91 Å². The Morgan fingerprint density at radius 3 is 2.65 bits per heavy atom. The van der Waals surface area contributed by atoms with Gasteiger partial charge in [-0.25, -0.2) is 0 Å². The highest BCUT2D eigenvalue weighted by atomic mass is 16.5. The second-order valence-electron chi connectivity index (χ2n) is 6.05. The third kappa shape index (κ3) is 5.77. The number of carbonyl (C=O) groups is 2. The Labute approximate surface area is 138 Å². The molecule has 0 atom stereocenters. The van der Waals surface area contributed by atoms with Crippen molar-refractivity contribution >= 4 is 11.7 Å². The quantitative estimate of drug-likeness (QED) is 0.778. The SMILES string of the molecule is Cc1ccc(C)c(C(=O)CCC(=O)NCCN2CCOCC2)c1. The summed E-state index contributed by atoms with van der Waals surface area (Å²) in [6.45, 7) is 8.71. The van der Waals surface area contributed by atoms with E-state index in [0.717, 1.165) is 49.5 Å². The van der Waals surface area contributed by atoms with Gasteiger partial charge in [0.15, 0.2) is 5.78 Å². The number of nitrogens with one attached hydrogen (secondary N) is 1. The molecule has 5 heteroatoms. The van der Waals surface area contributed by atoms with Crippen molar-refractivity contribution in [2.75, 3.05) is 39.4 Å². The van der Waals surface area contributed by atoms with Crippen molar-refractivity contribution < 1.29 is 14.3 Å². The fourth-order valence-electron chi connectivity index (χ4n) is 2.66. The van der Waals surface area contributed by atoms with Crippen LogP contribution in [0, 0.1) is 13.8 Å². The fraction of sp³-hybridized carbons (Fsp3) is 0.556. The van der Waals surface area contributed by atoms with Gasteiger partial charge in [-0.05, 0) is 25.5 Å². The normalized spacial score (nSPS) is 15.4. The van der Waals surface area contributed by atoms with Crippen LogP contribution in [0.3, 0.4) is 0 Å². The Kier molecular flexibility index (Phi) is 6.74. The summed E-state index contributed by atoms with van der Waals surface area (Å²) in [5.74, 6) is -0.0218. The van der Waals surface area contributed by atoms with Gasteiger partial charge in [0.25, 0.3) is 0 Å². The first kappa shape index (κ1) is 17.6. The summed E-state index contributed by atoms with van der Waals surface area (Å²) in [4.78, 5) is 26.4. The van der Waals surface area contributed by atoms with Crippen LogP contribution in [0.25, 0.3) is 0 Å². The standard InChI is InChI=1S/C18H26N2O3/c1-14-3-4-15(2)16(13-14)17(21)5-6-18(22)19-7-8-20-9-11-23-12-10-20/h3-4,13H,5-12H2,1-2H3,(H,19,22). The van der Waals surface area contributed by atoms with Gasteiger partial charge in [-0.15, -0.1) is 0 Å². The maximum absolute atomic E-state index is 12.2. The number of ketones is 1. The van der Waals surface area contributed by atoms with Crippen molar-refractivity contribution in [3.8, 4) is 0 Å². The number of aryl methyl sites for hydroxylation is 2. The Balaban J connectivity index is 1.69. The van der Waals surface area contributed by atoms with Crippen molar-refractivity contribution in [2.24, 2.45) is 0 Å². The number of benzene rings is 1. The topological polar surface area (TPSA) is 58.6 Å². The molecule has 0 aliphatic carbocycles. The van der Waals surface area contributed by atoms with Crippen LogP contribution in [0.1, 0.15) is 34.3 Å². The molecule has 1 amide bonds. The number of Topliss-reactive ketones (excluding diaryl/α,β-unsaturated/α-hetero) is 1. The van der Waals surface area contributed by atoms with E-state index >= 15 is 0 Å². The van der Waals surface area contributed by atoms with Crippen molar-refractivity contribution in [3.63, 3.8) is 0 Å². The number of hydrogen-bond donors (Lipinski definition) is 1. The van der Waals surface area contributed by atoms with E-state index < -0.39 is 0 Å². The molecule has 1 heterocycles. The minimum absolute atomic E-state index is 0.0366. The average Bonchev–Trinajstić information content (AvgIpc) is 2.56. The third-order valence-electron chi connectivity index (χ3n) is 4.13. The van der Waals surface area contributed by atoms with Gasteiger partial charge in [-0.3, -0.25) is 14.5 Å². The van der Waals surface area contributed by atoms with Gasteiger partial charge in [0.1, 0.15) is 0 Å². The Morgan fingerprint density at radius 1 is 1.17 bits per heavy atom. The lowest BCUT2D eigenvalue weighted by atomic mass is 9.99. The molecule has 126 valence electrons. The van der Waals surface area contributed by atoms with Crippen LogP contribution in [0.4, 0.5) is 0 Å². The summed E-state index contributed by atoms with van der Waals surface area (Å²) < 4.78 is 5.29. The molecule has 1 saturated heterocycles. The maximum atomic E-state index is 12.2. The molecule has 1 fully saturated rings. The average molecular weight is 318 g/mol. The number of ether oxygens (including phenoxy) is 1. The zero-order valence-corrected chi connectivity index (χ0v) is 14.1. The van der Waals surface area contributed by atoms with Crippen LogP contribution in [-0.2, 0) is 9.53 Å². The van der Waals surface area contributed by atoms with Crippen LogP contribution in [0.5, 0.6) is 0 Å². The smallest absolute Gasteiger partial charge is 0.220 e. The summed E-state index contributed by atoms with van der Waals surface area (Å²) in [5, 5.41) is 2.89. The van der Waals surface area contributed by atoms with Gasteiger partial charge < -0.3 is 10.1 Å². The highest BCUT2D eigenvalue weighted by Crippen LogP contribution is 2.13. The van der Waals surface area contributed by atoms with Crippen molar-refractivity contribution in [3.05, 3.63) is 34.9 Å². The highest BCUT2D eigenvalue weighted by molar-refractivity contribution is 5.99. The number of morpholine rings is 1. The van der Waals surface area contributed by atoms with E-state index in [4.69, 9.17) is 4.74 Å². The first-order valence-corrected chi connectivity index (χ1v) is 8.23. The lowest BCUT2D eigenvalue weighted by Crippen LogP contribution is -2.41. The summed E-state index contributed by atoms with van der Waals surface area (Å²) in [7, 11) is 0. The molecule has 0 bridgehead atoms. The van der Waals surface area contributed by atoms with Crippen LogP contribution in [-0.4, -0.2) is 56.0 Å². The minimum Gasteiger partial charge on any atom is -0.379 e. The summed E-state index contributed by atoms with van der Waals surface area (Å²) in [6.07, 6.45) is 0.503.